The molecule has 0 fully saturated rings. The van der Waals surface area contributed by atoms with E-state index in [4.69, 9.17) is 9.97 Å². The molecule has 0 saturated carbocycles. The van der Waals surface area contributed by atoms with Crippen LogP contribution in [0.15, 0.2) is 200 Å². The number of aromatic nitrogens is 3. The molecule has 0 radical (unpaired) electrons. The zero-order valence-electron chi connectivity index (χ0n) is 32.9. The fraction of sp³-hybridized carbons (Fsp3) is 0.0545. The van der Waals surface area contributed by atoms with Gasteiger partial charge in [0.2, 0.25) is 0 Å². The van der Waals surface area contributed by atoms with Gasteiger partial charge in [0, 0.05) is 0 Å². The van der Waals surface area contributed by atoms with E-state index in [2.05, 4.69) is 219 Å². The van der Waals surface area contributed by atoms with Crippen LogP contribution in [0.2, 0.25) is 0 Å². The van der Waals surface area contributed by atoms with E-state index >= 15 is 0 Å². The zero-order valence-corrected chi connectivity index (χ0v) is 35.0. The van der Waals surface area contributed by atoms with Crippen LogP contribution in [0.4, 0.5) is 0 Å². The minimum atomic E-state index is -3.68. The first-order chi connectivity index (χ1) is 29.0. The monoisotopic (exact) mass is 815 g/mol. The Morgan fingerprint density at radius 3 is 1.86 bits per heavy atom. The molecule has 12 rings (SSSR count). The van der Waals surface area contributed by atoms with Crippen LogP contribution >= 0.6 is 0 Å². The fourth-order valence-electron chi connectivity index (χ4n) is 10.5. The van der Waals surface area contributed by atoms with Crippen molar-refractivity contribution < 1.29 is 0 Å². The van der Waals surface area contributed by atoms with E-state index in [0.29, 0.717) is 0 Å². The molecule has 59 heavy (non-hydrogen) atoms. The van der Waals surface area contributed by atoms with Gasteiger partial charge in [-0.05, 0) is 0 Å². The van der Waals surface area contributed by atoms with E-state index in [1.165, 1.54) is 72.9 Å². The van der Waals surface area contributed by atoms with Gasteiger partial charge in [-0.1, -0.05) is 32.0 Å². The van der Waals surface area contributed by atoms with Crippen molar-refractivity contribution >= 4 is 52.8 Å². The molecule has 0 atom stereocenters. The Bertz CT molecular complexity index is 3250. The summed E-state index contributed by atoms with van der Waals surface area (Å²) < 4.78 is 7.76. The van der Waals surface area contributed by atoms with Crippen molar-refractivity contribution in [2.24, 2.45) is 0 Å². The number of fused-ring (bicyclic) bond motifs is 10. The van der Waals surface area contributed by atoms with Crippen molar-refractivity contribution in [1.29, 1.82) is 0 Å². The first-order valence-corrected chi connectivity index (χ1v) is 24.7. The van der Waals surface area contributed by atoms with Crippen molar-refractivity contribution in [3.05, 3.63) is 211 Å². The third kappa shape index (κ3) is 4.77. The Kier molecular flexibility index (Phi) is 7.45. The molecule has 0 unspecified atom stereocenters. The molecule has 0 spiro atoms. The van der Waals surface area contributed by atoms with Gasteiger partial charge in [-0.15, -0.1) is 0 Å². The van der Waals surface area contributed by atoms with Gasteiger partial charge in [-0.3, -0.25) is 0 Å². The molecule has 2 aliphatic rings. The number of rotatable bonds is 5. The van der Waals surface area contributed by atoms with E-state index < -0.39 is 13.3 Å². The number of benzene rings is 8. The molecule has 278 valence electrons. The Labute approximate surface area is 346 Å². The summed E-state index contributed by atoms with van der Waals surface area (Å²) in [4.78, 5) is 11.4. The van der Waals surface area contributed by atoms with Gasteiger partial charge in [0.1, 0.15) is 0 Å². The molecular formula is C55H39GeN3. The van der Waals surface area contributed by atoms with Crippen LogP contribution < -0.4 is 17.7 Å². The molecule has 0 N–H and O–H groups in total. The van der Waals surface area contributed by atoms with Gasteiger partial charge < -0.3 is 0 Å². The van der Waals surface area contributed by atoms with E-state index in [9.17, 15) is 0 Å². The van der Waals surface area contributed by atoms with Gasteiger partial charge in [-0.25, -0.2) is 0 Å². The van der Waals surface area contributed by atoms with Gasteiger partial charge in [0.25, 0.3) is 0 Å². The summed E-state index contributed by atoms with van der Waals surface area (Å²) >= 11 is -3.68. The predicted octanol–water partition coefficient (Wildman–Crippen LogP) is 10.6. The number of nitrogens with zero attached hydrogens (tertiary/aromatic N) is 3. The quantitative estimate of drug-likeness (QED) is 0.162. The average molecular weight is 815 g/mol. The molecule has 0 amide bonds. The Morgan fingerprint density at radius 2 is 1.10 bits per heavy atom. The van der Waals surface area contributed by atoms with Crippen molar-refractivity contribution in [3.63, 3.8) is 0 Å². The minimum absolute atomic E-state index is 0.0799. The Hall–Kier alpha value is -6.82. The molecule has 4 heteroatoms. The number of para-hydroxylation sites is 1. The maximum atomic E-state index is 5.83. The molecule has 3 heterocycles. The van der Waals surface area contributed by atoms with Crippen LogP contribution in [0.3, 0.4) is 0 Å². The van der Waals surface area contributed by atoms with Crippen LogP contribution in [0.1, 0.15) is 25.0 Å². The molecule has 0 bridgehead atoms. The molecule has 2 aromatic heterocycles. The molecule has 0 saturated heterocycles. The number of hydrogen-bond donors (Lipinski definition) is 0. The summed E-state index contributed by atoms with van der Waals surface area (Å²) in [5.74, 6) is 0.747. The fourth-order valence-corrected chi connectivity index (χ4v) is 21.0. The SMILES string of the molecule is CC1(C)c2ccccc2-c2c1ccc1c2c2ccccc2n1-c1cccc(-c2nc(-c3ccccc3)c3[c](n2)[Ge]([c]2ccccc2)([c]2ccccc2)[c]2ccccc2-3)c1. The van der Waals surface area contributed by atoms with Crippen LogP contribution in [0.25, 0.3) is 72.4 Å². The standard InChI is InChI=1S/C55H39GeN3/c1-55(2)44-30-15-12-27-41(44)49-45(55)33-34-48-50(49)43-29-14-17-32-47(43)59(48)40-26-18-21-37(35-40)54-57-52(36-19-6-3-7-20-36)51-42-28-13-16-31-46(42)56(53(51)58-54,38-22-8-4-9-23-38)39-24-10-5-11-25-39/h3-35H,1-2H3. The second kappa shape index (κ2) is 12.8. The van der Waals surface area contributed by atoms with Crippen LogP contribution in [0.5, 0.6) is 0 Å². The normalized spacial score (nSPS) is 14.2. The molecule has 8 aromatic carbocycles. The topological polar surface area (TPSA) is 30.7 Å². The third-order valence-corrected chi connectivity index (χ3v) is 23.0. The molecule has 10 aromatic rings. The van der Waals surface area contributed by atoms with E-state index in [1.54, 1.807) is 0 Å². The Balaban J connectivity index is 1.14. The second-order valence-electron chi connectivity index (χ2n) is 16.5. The van der Waals surface area contributed by atoms with Gasteiger partial charge in [-0.2, -0.15) is 0 Å². The Morgan fingerprint density at radius 1 is 0.475 bits per heavy atom. The van der Waals surface area contributed by atoms with Crippen LogP contribution in [-0.4, -0.2) is 27.8 Å². The predicted molar refractivity (Wildman–Crippen MR) is 247 cm³/mol. The zero-order chi connectivity index (χ0) is 39.3. The van der Waals surface area contributed by atoms with Crippen molar-refractivity contribution in [3.8, 4) is 50.6 Å². The van der Waals surface area contributed by atoms with E-state index in [0.717, 1.165) is 28.3 Å². The summed E-state index contributed by atoms with van der Waals surface area (Å²) in [7, 11) is 0. The van der Waals surface area contributed by atoms with Crippen molar-refractivity contribution in [2.75, 3.05) is 0 Å². The summed E-state index contributed by atoms with van der Waals surface area (Å²) in [5.41, 5.74) is 14.3. The second-order valence-corrected chi connectivity index (χ2v) is 24.2. The first kappa shape index (κ1) is 34.2. The molecule has 1 aliphatic heterocycles. The molecular weight excluding hydrogens is 775 g/mol. The first-order valence-electron chi connectivity index (χ1n) is 20.5. The van der Waals surface area contributed by atoms with Crippen LogP contribution in [-0.2, 0) is 5.41 Å². The average Bonchev–Trinajstić information content (AvgIpc) is 3.88. The maximum absolute atomic E-state index is 5.83. The van der Waals surface area contributed by atoms with Crippen LogP contribution in [0, 0.1) is 0 Å². The third-order valence-electron chi connectivity index (χ3n) is 13.1. The summed E-state index contributed by atoms with van der Waals surface area (Å²) in [6, 6.07) is 73.5. The summed E-state index contributed by atoms with van der Waals surface area (Å²) in [6.45, 7) is 4.72. The number of hydrogen-bond acceptors (Lipinski definition) is 2. The molecule has 1 aliphatic carbocycles. The van der Waals surface area contributed by atoms with Gasteiger partial charge in [0.15, 0.2) is 0 Å². The van der Waals surface area contributed by atoms with E-state index in [1.807, 2.05) is 0 Å². The summed E-state index contributed by atoms with van der Waals surface area (Å²) in [6.07, 6.45) is 0. The van der Waals surface area contributed by atoms with Crippen molar-refractivity contribution in [1.82, 2.24) is 14.5 Å². The summed E-state index contributed by atoms with van der Waals surface area (Å²) in [5, 5.41) is 2.57. The van der Waals surface area contributed by atoms with E-state index in [-0.39, 0.29) is 5.41 Å². The molecule has 3 nitrogen and oxygen atoms in total. The van der Waals surface area contributed by atoms with Crippen molar-refractivity contribution in [2.45, 2.75) is 19.3 Å². The van der Waals surface area contributed by atoms with Gasteiger partial charge >= 0.3 is 316 Å². The van der Waals surface area contributed by atoms with Gasteiger partial charge in [0.05, 0.1) is 0 Å².